The average molecular weight is 215 g/mol. The summed E-state index contributed by atoms with van der Waals surface area (Å²) in [7, 11) is 1.69. The van der Waals surface area contributed by atoms with Gasteiger partial charge in [-0.3, -0.25) is 0 Å². The first kappa shape index (κ1) is 10.7. The number of imidazole rings is 1. The molecule has 0 aliphatic rings. The van der Waals surface area contributed by atoms with Crippen LogP contribution in [-0.2, 0) is 11.2 Å². The molecule has 0 radical (unpaired) electrons. The Bertz CT molecular complexity index is 525. The lowest BCUT2D eigenvalue weighted by atomic mass is 10.2. The summed E-state index contributed by atoms with van der Waals surface area (Å²) in [6.07, 6.45) is 1.77. The quantitative estimate of drug-likeness (QED) is 0.793. The number of H-pyrrole nitrogens is 1. The Kier molecular flexibility index (Phi) is 3.18. The number of aromatic amines is 1. The first-order chi connectivity index (χ1) is 7.85. The van der Waals surface area contributed by atoms with Crippen LogP contribution >= 0.6 is 0 Å². The molecular formula is C12H13N3O. The summed E-state index contributed by atoms with van der Waals surface area (Å²) in [4.78, 5) is 7.63. The number of methoxy groups -OCH3 is 1. The summed E-state index contributed by atoms with van der Waals surface area (Å²) in [5.41, 5.74) is 2.30. The third-order valence-corrected chi connectivity index (χ3v) is 2.44. The highest BCUT2D eigenvalue weighted by atomic mass is 16.5. The van der Waals surface area contributed by atoms with Crippen LogP contribution in [0.4, 0.5) is 0 Å². The van der Waals surface area contributed by atoms with Crippen LogP contribution in [0.1, 0.15) is 17.8 Å². The van der Waals surface area contributed by atoms with E-state index in [1.54, 1.807) is 13.2 Å². The third-order valence-electron chi connectivity index (χ3n) is 2.44. The van der Waals surface area contributed by atoms with Crippen LogP contribution < -0.4 is 0 Å². The van der Waals surface area contributed by atoms with Gasteiger partial charge in [0, 0.05) is 20.1 Å². The highest BCUT2D eigenvalue weighted by Crippen LogP contribution is 2.16. The third kappa shape index (κ3) is 2.05. The molecule has 0 fully saturated rings. The minimum atomic E-state index is 0.617. The molecule has 2 rings (SSSR count). The number of benzene rings is 1. The number of aryl methyl sites for hydroxylation is 1. The van der Waals surface area contributed by atoms with E-state index >= 15 is 0 Å². The highest BCUT2D eigenvalue weighted by Gasteiger charge is 2.06. The van der Waals surface area contributed by atoms with Crippen LogP contribution in [0.15, 0.2) is 18.2 Å². The fourth-order valence-electron chi connectivity index (χ4n) is 1.68. The zero-order valence-corrected chi connectivity index (χ0v) is 9.16. The number of para-hydroxylation sites is 1. The van der Waals surface area contributed by atoms with E-state index in [2.05, 4.69) is 16.0 Å². The number of fused-ring (bicyclic) bond motifs is 1. The van der Waals surface area contributed by atoms with Gasteiger partial charge in [-0.25, -0.2) is 4.98 Å². The molecule has 0 saturated heterocycles. The van der Waals surface area contributed by atoms with Crippen LogP contribution in [0.2, 0.25) is 0 Å². The SMILES string of the molecule is COCCCc1nc2c(C#N)cccc2[nH]1. The van der Waals surface area contributed by atoms with Gasteiger partial charge < -0.3 is 9.72 Å². The first-order valence-corrected chi connectivity index (χ1v) is 5.22. The maximum Gasteiger partial charge on any atom is 0.107 e. The number of aromatic nitrogens is 2. The lowest BCUT2D eigenvalue weighted by Crippen LogP contribution is -1.94. The van der Waals surface area contributed by atoms with E-state index < -0.39 is 0 Å². The predicted octanol–water partition coefficient (Wildman–Crippen LogP) is 2.01. The van der Waals surface area contributed by atoms with E-state index in [0.717, 1.165) is 36.3 Å². The number of nitriles is 1. The lowest BCUT2D eigenvalue weighted by molar-refractivity contribution is 0.194. The van der Waals surface area contributed by atoms with Gasteiger partial charge in [-0.2, -0.15) is 5.26 Å². The monoisotopic (exact) mass is 215 g/mol. The van der Waals surface area contributed by atoms with Crippen molar-refractivity contribution < 1.29 is 4.74 Å². The van der Waals surface area contributed by atoms with E-state index in [-0.39, 0.29) is 0 Å². The molecular weight excluding hydrogens is 202 g/mol. The molecule has 16 heavy (non-hydrogen) atoms. The number of hydrogen-bond donors (Lipinski definition) is 1. The molecule has 4 heteroatoms. The molecule has 1 aromatic carbocycles. The van der Waals surface area contributed by atoms with Gasteiger partial charge in [0.15, 0.2) is 0 Å². The van der Waals surface area contributed by atoms with Crippen LogP contribution in [-0.4, -0.2) is 23.7 Å². The van der Waals surface area contributed by atoms with E-state index in [0.29, 0.717) is 5.56 Å². The van der Waals surface area contributed by atoms with Crippen molar-refractivity contribution in [2.24, 2.45) is 0 Å². The van der Waals surface area contributed by atoms with Crippen LogP contribution in [0.3, 0.4) is 0 Å². The Morgan fingerprint density at radius 3 is 3.12 bits per heavy atom. The zero-order chi connectivity index (χ0) is 11.4. The number of nitrogens with one attached hydrogen (secondary N) is 1. The topological polar surface area (TPSA) is 61.7 Å². The molecule has 1 aromatic heterocycles. The second kappa shape index (κ2) is 4.77. The van der Waals surface area contributed by atoms with Crippen molar-refractivity contribution in [1.82, 2.24) is 9.97 Å². The van der Waals surface area contributed by atoms with Crippen molar-refractivity contribution in [3.63, 3.8) is 0 Å². The Balaban J connectivity index is 2.26. The molecule has 0 unspecified atom stereocenters. The summed E-state index contributed by atoms with van der Waals surface area (Å²) in [6, 6.07) is 7.72. The fraction of sp³-hybridized carbons (Fsp3) is 0.333. The lowest BCUT2D eigenvalue weighted by Gasteiger charge is -1.95. The zero-order valence-electron chi connectivity index (χ0n) is 9.16. The van der Waals surface area contributed by atoms with Crippen LogP contribution in [0.5, 0.6) is 0 Å². The van der Waals surface area contributed by atoms with Gasteiger partial charge in [-0.15, -0.1) is 0 Å². The Hall–Kier alpha value is -1.86. The molecule has 4 nitrogen and oxygen atoms in total. The minimum Gasteiger partial charge on any atom is -0.385 e. The molecule has 0 aliphatic carbocycles. The highest BCUT2D eigenvalue weighted by molar-refractivity contribution is 5.81. The average Bonchev–Trinajstić information content (AvgIpc) is 2.71. The maximum atomic E-state index is 8.94. The predicted molar refractivity (Wildman–Crippen MR) is 61.0 cm³/mol. The van der Waals surface area contributed by atoms with Crippen molar-refractivity contribution in [1.29, 1.82) is 5.26 Å². The van der Waals surface area contributed by atoms with Crippen molar-refractivity contribution in [2.75, 3.05) is 13.7 Å². The van der Waals surface area contributed by atoms with Gasteiger partial charge >= 0.3 is 0 Å². The molecule has 0 aliphatic heterocycles. The van der Waals surface area contributed by atoms with Crippen molar-refractivity contribution >= 4 is 11.0 Å². The van der Waals surface area contributed by atoms with Gasteiger partial charge in [0.2, 0.25) is 0 Å². The largest absolute Gasteiger partial charge is 0.385 e. The van der Waals surface area contributed by atoms with Gasteiger partial charge in [0.25, 0.3) is 0 Å². The van der Waals surface area contributed by atoms with Crippen LogP contribution in [0, 0.1) is 11.3 Å². The number of rotatable bonds is 4. The van der Waals surface area contributed by atoms with Crippen molar-refractivity contribution in [2.45, 2.75) is 12.8 Å². The van der Waals surface area contributed by atoms with Gasteiger partial charge in [-0.1, -0.05) is 6.07 Å². The maximum absolute atomic E-state index is 8.94. The molecule has 1 N–H and O–H groups in total. The standard InChI is InChI=1S/C12H13N3O/c1-16-7-3-6-11-14-10-5-2-4-9(8-13)12(10)15-11/h2,4-5H,3,6-7H2,1H3,(H,14,15). The molecule has 0 bridgehead atoms. The second-order valence-electron chi connectivity index (χ2n) is 3.59. The molecule has 0 saturated carbocycles. The van der Waals surface area contributed by atoms with Crippen molar-refractivity contribution in [3.05, 3.63) is 29.6 Å². The van der Waals surface area contributed by atoms with E-state index in [1.807, 2.05) is 12.1 Å². The summed E-state index contributed by atoms with van der Waals surface area (Å²) >= 11 is 0. The second-order valence-corrected chi connectivity index (χ2v) is 3.59. The Morgan fingerprint density at radius 2 is 2.38 bits per heavy atom. The van der Waals surface area contributed by atoms with Crippen LogP contribution in [0.25, 0.3) is 11.0 Å². The molecule has 2 aromatic rings. The summed E-state index contributed by atoms with van der Waals surface area (Å²) in [6.45, 7) is 0.724. The molecule has 1 heterocycles. The van der Waals surface area contributed by atoms with E-state index in [4.69, 9.17) is 10.00 Å². The molecule has 0 spiro atoms. The van der Waals surface area contributed by atoms with Gasteiger partial charge in [0.1, 0.15) is 17.4 Å². The first-order valence-electron chi connectivity index (χ1n) is 5.22. The van der Waals surface area contributed by atoms with E-state index in [9.17, 15) is 0 Å². The van der Waals surface area contributed by atoms with Gasteiger partial charge in [-0.05, 0) is 18.6 Å². The Morgan fingerprint density at radius 1 is 1.50 bits per heavy atom. The van der Waals surface area contributed by atoms with Gasteiger partial charge in [0.05, 0.1) is 11.1 Å². The molecule has 82 valence electrons. The minimum absolute atomic E-state index is 0.617. The number of ether oxygens (including phenoxy) is 1. The summed E-state index contributed by atoms with van der Waals surface area (Å²) in [5, 5.41) is 8.94. The Labute approximate surface area is 93.9 Å². The number of nitrogens with zero attached hydrogens (tertiary/aromatic N) is 2. The van der Waals surface area contributed by atoms with E-state index in [1.165, 1.54) is 0 Å². The smallest absolute Gasteiger partial charge is 0.107 e. The fourth-order valence-corrected chi connectivity index (χ4v) is 1.68. The molecule has 0 atom stereocenters. The molecule has 0 amide bonds. The number of hydrogen-bond acceptors (Lipinski definition) is 3. The normalized spacial score (nSPS) is 10.5. The summed E-state index contributed by atoms with van der Waals surface area (Å²) in [5.74, 6) is 0.912. The summed E-state index contributed by atoms with van der Waals surface area (Å²) < 4.78 is 4.99. The van der Waals surface area contributed by atoms with Crippen molar-refractivity contribution in [3.8, 4) is 6.07 Å².